The van der Waals surface area contributed by atoms with Gasteiger partial charge >= 0.3 is 0 Å². The van der Waals surface area contributed by atoms with Crippen molar-refractivity contribution in [2.45, 2.75) is 0 Å². The second-order valence-electron chi connectivity index (χ2n) is 34.7. The van der Waals surface area contributed by atoms with Crippen LogP contribution < -0.4 is 0 Å². The Bertz CT molecular complexity index is 10200. The number of rotatable bonds is 9. The zero-order valence-corrected chi connectivity index (χ0v) is 70.0. The monoisotopic (exact) mass is 1680 g/mol. The highest BCUT2D eigenvalue weighted by Crippen LogP contribution is 2.51. The molecule has 0 atom stereocenters. The number of fused-ring (bicyclic) bond motifs is 31. The van der Waals surface area contributed by atoms with Gasteiger partial charge in [0.2, 0.25) is 0 Å². The first-order chi connectivity index (χ1) is 64.4. The molecule has 0 unspecified atom stereocenters. The van der Waals surface area contributed by atoms with Crippen LogP contribution in [0, 0.1) is 0 Å². The molecular weight excluding hydrogens is 1610 g/mol. The smallest absolute Gasteiger partial charge is 0.157 e. The van der Waals surface area contributed by atoms with Crippen LogP contribution >= 0.6 is 11.3 Å². The molecule has 11 heteroatoms. The first-order valence-corrected chi connectivity index (χ1v) is 44.9. The third-order valence-electron chi connectivity index (χ3n) is 27.8. The number of benzene rings is 19. The molecule has 0 radical (unpaired) electrons. The zero-order chi connectivity index (χ0) is 84.4. The van der Waals surface area contributed by atoms with Gasteiger partial charge < -0.3 is 40.4 Å². The van der Waals surface area contributed by atoms with Gasteiger partial charge in [0.1, 0.15) is 50.1 Å². The van der Waals surface area contributed by atoms with Crippen LogP contribution in [0.3, 0.4) is 0 Å². The summed E-state index contributed by atoms with van der Waals surface area (Å²) in [5, 5.41) is 20.1. The maximum atomic E-state index is 7.05. The lowest BCUT2D eigenvalue weighted by molar-refractivity contribution is 0.655. The fourth-order valence-electron chi connectivity index (χ4n) is 21.8. The Hall–Kier alpha value is -17.3. The van der Waals surface area contributed by atoms with Crippen molar-refractivity contribution in [1.82, 2.24) is 23.3 Å². The lowest BCUT2D eigenvalue weighted by Crippen LogP contribution is -1.95. The summed E-state index contributed by atoms with van der Waals surface area (Å²) in [6.45, 7) is 0. The van der Waals surface area contributed by atoms with Crippen LogP contribution in [-0.2, 0) is 0 Å². The predicted molar refractivity (Wildman–Crippen MR) is 538 cm³/mol. The maximum absolute atomic E-state index is 7.05. The van der Waals surface area contributed by atoms with E-state index >= 15 is 0 Å². The Morgan fingerprint density at radius 3 is 1.27 bits per heavy atom. The molecule has 0 aliphatic rings. The van der Waals surface area contributed by atoms with Gasteiger partial charge in [-0.05, 0) is 196 Å². The summed E-state index contributed by atoms with van der Waals surface area (Å²) in [6.07, 6.45) is 0. The molecule has 602 valence electrons. The van der Waals surface area contributed by atoms with Crippen molar-refractivity contribution in [2.24, 2.45) is 0 Å². The van der Waals surface area contributed by atoms with Crippen LogP contribution in [-0.4, -0.2) is 23.3 Å². The van der Waals surface area contributed by atoms with E-state index in [0.29, 0.717) is 11.2 Å². The Labute approximate surface area is 741 Å². The minimum atomic E-state index is 0.668. The molecule has 0 bridgehead atoms. The molecule has 19 aromatic carbocycles. The van der Waals surface area contributed by atoms with Crippen molar-refractivity contribution in [3.05, 3.63) is 394 Å². The van der Waals surface area contributed by atoms with Crippen LogP contribution in [0.4, 0.5) is 0 Å². The van der Waals surface area contributed by atoms with Crippen LogP contribution in [0.5, 0.6) is 0 Å². The van der Waals surface area contributed by atoms with E-state index in [1.54, 1.807) is 11.3 Å². The molecule has 0 saturated carbocycles. The van der Waals surface area contributed by atoms with Gasteiger partial charge in [-0.25, -0.2) is 4.98 Å². The molecule has 0 aliphatic carbocycles. The third-order valence-corrected chi connectivity index (χ3v) is 28.9. The summed E-state index contributed by atoms with van der Waals surface area (Å²) in [7, 11) is 0. The number of thiophene rings is 1. The van der Waals surface area contributed by atoms with Gasteiger partial charge in [0, 0.05) is 136 Å². The minimum absolute atomic E-state index is 0.668. The van der Waals surface area contributed by atoms with Gasteiger partial charge in [-0.2, -0.15) is 0 Å². The Kier molecular flexibility index (Phi) is 14.1. The maximum Gasteiger partial charge on any atom is 0.157 e. The Morgan fingerprint density at radius 1 is 0.192 bits per heavy atom. The van der Waals surface area contributed by atoms with E-state index in [4.69, 9.17) is 27.1 Å². The highest BCUT2D eigenvalue weighted by atomic mass is 32.1. The largest absolute Gasteiger partial charge is 0.456 e. The lowest BCUT2D eigenvalue weighted by atomic mass is 9.98. The number of pyridine rings is 1. The van der Waals surface area contributed by atoms with Crippen LogP contribution in [0.15, 0.2) is 416 Å². The van der Waals surface area contributed by atoms with Crippen LogP contribution in [0.25, 0.3) is 296 Å². The number of aromatic nitrogens is 5. The Morgan fingerprint density at radius 2 is 0.600 bits per heavy atom. The van der Waals surface area contributed by atoms with Crippen molar-refractivity contribution >= 4 is 229 Å². The molecule has 11 aromatic heterocycles. The molecular formula is C119H65N5O5S. The summed E-state index contributed by atoms with van der Waals surface area (Å²) in [5.74, 6) is 0. The minimum Gasteiger partial charge on any atom is -0.456 e. The molecule has 0 saturated heterocycles. The van der Waals surface area contributed by atoms with E-state index in [1.807, 2.05) is 36.4 Å². The third kappa shape index (κ3) is 9.97. The molecule has 30 rings (SSSR count). The fourth-order valence-corrected chi connectivity index (χ4v) is 23.0. The molecule has 130 heavy (non-hydrogen) atoms. The molecule has 0 amide bonds. The van der Waals surface area contributed by atoms with E-state index in [1.165, 1.54) is 58.8 Å². The molecule has 0 spiro atoms. The van der Waals surface area contributed by atoms with Crippen molar-refractivity contribution in [1.29, 1.82) is 0 Å². The average Bonchev–Trinajstić information content (AvgIpc) is 1.54. The molecule has 30 aromatic rings. The fraction of sp³-hybridized carbons (Fsp3) is 0. The summed E-state index contributed by atoms with van der Waals surface area (Å²) in [5.41, 5.74) is 33.9. The lowest BCUT2D eigenvalue weighted by Gasteiger charge is -2.12. The average molecular weight is 1680 g/mol. The second kappa shape index (κ2) is 26.2. The normalized spacial score (nSPS) is 12.5. The van der Waals surface area contributed by atoms with Crippen molar-refractivity contribution in [3.8, 4) is 78.4 Å². The number of nitrogens with zero attached hydrogens (tertiary/aromatic N) is 5. The topological polar surface area (TPSA) is 98.3 Å². The molecule has 11 heterocycles. The molecule has 0 fully saturated rings. The summed E-state index contributed by atoms with van der Waals surface area (Å²) in [4.78, 5) is 5.35. The first-order valence-electron chi connectivity index (χ1n) is 44.1. The molecule has 0 aliphatic heterocycles. The molecule has 10 nitrogen and oxygen atoms in total. The number of hydrogen-bond donors (Lipinski definition) is 0. The van der Waals surface area contributed by atoms with Gasteiger partial charge in [0.25, 0.3) is 0 Å². The summed E-state index contributed by atoms with van der Waals surface area (Å²) < 4.78 is 45.6. The number of para-hydroxylation sites is 7. The van der Waals surface area contributed by atoms with Gasteiger partial charge in [-0.1, -0.05) is 237 Å². The van der Waals surface area contributed by atoms with E-state index in [9.17, 15) is 0 Å². The van der Waals surface area contributed by atoms with E-state index < -0.39 is 0 Å². The van der Waals surface area contributed by atoms with Gasteiger partial charge in [-0.15, -0.1) is 11.3 Å². The number of furan rings is 5. The highest BCUT2D eigenvalue weighted by Gasteiger charge is 2.28. The predicted octanol–water partition coefficient (Wildman–Crippen LogP) is 33.7. The summed E-state index contributed by atoms with van der Waals surface area (Å²) >= 11 is 1.80. The molecule has 0 N–H and O–H groups in total. The van der Waals surface area contributed by atoms with Gasteiger partial charge in [0.05, 0.1) is 54.5 Å². The quantitative estimate of drug-likeness (QED) is 0.143. The van der Waals surface area contributed by atoms with Gasteiger partial charge in [-0.3, -0.25) is 0 Å². The van der Waals surface area contributed by atoms with E-state index in [0.717, 1.165) is 226 Å². The number of hydrogen-bond acceptors (Lipinski definition) is 7. The second-order valence-corrected chi connectivity index (χ2v) is 35.7. The standard InChI is InChI=1S/C119H65N5O5S/c1-3-18-75(19-4-1)121-96-29-12-8-23-80(96)90-54-68(43-51-98(90)121)69-44-52-107-91(55-69)87-28-17-27-78(117(87)128-107)74-42-50-85-84-49-41-73(59-101(84)123(102(85)60-74)77-45-53-108-95(61-77)116-112(127-108)65-111-115(120-116)88-25-10-15-32-106(88)126-111)72-40-48-83-82-47-39-70(56-99(82)122(100(83)58-72)76-20-5-2-6-21-76)66-34-36-67(37-35-66)71-38-46-81-79-22-7-13-30-97(79)124(103(81)57-71)104-63-94-93-62-92-86-24-9-14-31-105(86)125-109(92)64-110(93)129-118(94)119-114(104)89-26-11-16-33-113(89)130-119/h1-65H. The van der Waals surface area contributed by atoms with Crippen molar-refractivity contribution in [3.63, 3.8) is 0 Å². The zero-order valence-electron chi connectivity index (χ0n) is 69.2. The van der Waals surface area contributed by atoms with E-state index in [2.05, 4.69) is 376 Å². The SMILES string of the molecule is c1ccc(-n2c3ccccc3c3cc(-c4ccc5oc6c(-c7ccc8c9ccc(-c%10ccc%11c%12ccc(-c%13ccc(-c%14ccc%15c%16ccccc%16n(-c%16cc%17c%18cc%19c(cc%18oc%17c%17sc%18ccccc%18c%16%17)oc%16ccccc%16%19)c%15c%14)cc%13)cc%12n(-c%12ccccc%12)c%11c%10)cc9n(-c9ccc%10oc%11cc%12oc%13ccccc%13c%12nc%11c%10c9)c8c7)cccc6c5c4)ccc32)cc1. The van der Waals surface area contributed by atoms with Crippen molar-refractivity contribution < 1.29 is 22.1 Å². The first kappa shape index (κ1) is 70.1. The van der Waals surface area contributed by atoms with Crippen LogP contribution in [0.2, 0.25) is 0 Å². The Balaban J connectivity index is 0.538. The van der Waals surface area contributed by atoms with Crippen LogP contribution in [0.1, 0.15) is 0 Å². The van der Waals surface area contributed by atoms with Crippen molar-refractivity contribution in [2.75, 3.05) is 0 Å². The van der Waals surface area contributed by atoms with E-state index in [-0.39, 0.29) is 0 Å². The summed E-state index contributed by atoms with van der Waals surface area (Å²) in [6, 6.07) is 144. The van der Waals surface area contributed by atoms with Gasteiger partial charge in [0.15, 0.2) is 16.7 Å². The highest BCUT2D eigenvalue weighted by molar-refractivity contribution is 7.26.